The van der Waals surface area contributed by atoms with Crippen molar-refractivity contribution in [2.75, 3.05) is 18.4 Å². The average molecular weight is 281 g/mol. The van der Waals surface area contributed by atoms with Gasteiger partial charge in [0.25, 0.3) is 0 Å². The summed E-state index contributed by atoms with van der Waals surface area (Å²) in [6.07, 6.45) is 3.08. The van der Waals surface area contributed by atoms with Crippen LogP contribution in [-0.4, -0.2) is 56.8 Å². The Morgan fingerprint density at radius 2 is 2.35 bits per heavy atom. The van der Waals surface area contributed by atoms with Crippen molar-refractivity contribution >= 4 is 23.6 Å². The summed E-state index contributed by atoms with van der Waals surface area (Å²) in [5.74, 6) is -1.55. The minimum atomic E-state index is -1.16. The van der Waals surface area contributed by atoms with E-state index in [4.69, 9.17) is 5.11 Å². The molecule has 1 unspecified atom stereocenters. The van der Waals surface area contributed by atoms with Crippen LogP contribution in [0.2, 0.25) is 0 Å². The summed E-state index contributed by atoms with van der Waals surface area (Å²) < 4.78 is 1.62. The Balaban J connectivity index is 2.08. The number of anilines is 1. The van der Waals surface area contributed by atoms with Crippen molar-refractivity contribution in [3.8, 4) is 0 Å². The number of hydrogen-bond acceptors (Lipinski definition) is 4. The van der Waals surface area contributed by atoms with Crippen LogP contribution in [0, 0.1) is 0 Å². The topological polar surface area (TPSA) is 117 Å². The van der Waals surface area contributed by atoms with E-state index in [1.165, 1.54) is 6.20 Å². The molecule has 1 atom stereocenters. The predicted octanol–water partition coefficient (Wildman–Crippen LogP) is -0.680. The summed E-state index contributed by atoms with van der Waals surface area (Å²) in [7, 11) is 0. The molecule has 2 rings (SSSR count). The third-order valence-electron chi connectivity index (χ3n) is 2.94. The SMILES string of the molecule is CCn1cc(NC(=O)N2CC(=O)NCC2C(=O)O)cn1. The van der Waals surface area contributed by atoms with Crippen LogP contribution in [0.1, 0.15) is 6.92 Å². The zero-order chi connectivity index (χ0) is 14.7. The first-order valence-electron chi connectivity index (χ1n) is 6.11. The lowest BCUT2D eigenvalue weighted by atomic mass is 10.2. The van der Waals surface area contributed by atoms with Gasteiger partial charge in [0.05, 0.1) is 11.9 Å². The van der Waals surface area contributed by atoms with Gasteiger partial charge in [-0.15, -0.1) is 0 Å². The Labute approximate surface area is 114 Å². The molecule has 0 aromatic carbocycles. The van der Waals surface area contributed by atoms with Crippen molar-refractivity contribution in [1.82, 2.24) is 20.0 Å². The van der Waals surface area contributed by atoms with Crippen molar-refractivity contribution in [3.63, 3.8) is 0 Å². The molecule has 1 aromatic rings. The Kier molecular flexibility index (Phi) is 3.87. The maximum Gasteiger partial charge on any atom is 0.328 e. The molecule has 0 radical (unpaired) electrons. The summed E-state index contributed by atoms with van der Waals surface area (Å²) in [4.78, 5) is 35.4. The minimum Gasteiger partial charge on any atom is -0.480 e. The summed E-state index contributed by atoms with van der Waals surface area (Å²) in [5, 5.41) is 18.0. The predicted molar refractivity (Wildman–Crippen MR) is 68.1 cm³/mol. The number of carboxylic acid groups (broad SMARTS) is 1. The molecular formula is C11H15N5O4. The van der Waals surface area contributed by atoms with Crippen LogP contribution in [0.25, 0.3) is 0 Å². The van der Waals surface area contributed by atoms with Crippen molar-refractivity contribution in [2.45, 2.75) is 19.5 Å². The molecule has 0 spiro atoms. The monoisotopic (exact) mass is 281 g/mol. The Morgan fingerprint density at radius 1 is 1.60 bits per heavy atom. The van der Waals surface area contributed by atoms with E-state index in [0.29, 0.717) is 12.2 Å². The molecule has 9 nitrogen and oxygen atoms in total. The zero-order valence-electron chi connectivity index (χ0n) is 10.9. The number of urea groups is 1. The van der Waals surface area contributed by atoms with E-state index in [1.54, 1.807) is 10.9 Å². The molecule has 0 bridgehead atoms. The van der Waals surface area contributed by atoms with Crippen molar-refractivity contribution in [1.29, 1.82) is 0 Å². The molecule has 0 aliphatic carbocycles. The quantitative estimate of drug-likeness (QED) is 0.678. The number of aliphatic carboxylic acids is 1. The fourth-order valence-electron chi connectivity index (χ4n) is 1.87. The molecule has 0 saturated carbocycles. The van der Waals surface area contributed by atoms with Crippen LogP contribution in [-0.2, 0) is 16.1 Å². The number of carboxylic acids is 1. The second kappa shape index (κ2) is 5.59. The van der Waals surface area contributed by atoms with Crippen molar-refractivity contribution in [3.05, 3.63) is 12.4 Å². The average Bonchev–Trinajstić information content (AvgIpc) is 2.85. The van der Waals surface area contributed by atoms with Gasteiger partial charge in [-0.1, -0.05) is 0 Å². The highest BCUT2D eigenvalue weighted by Gasteiger charge is 2.35. The molecule has 1 fully saturated rings. The van der Waals surface area contributed by atoms with Gasteiger partial charge in [-0.2, -0.15) is 5.10 Å². The first-order chi connectivity index (χ1) is 9.51. The molecule has 2 heterocycles. The van der Waals surface area contributed by atoms with Crippen LogP contribution in [0.15, 0.2) is 12.4 Å². The number of carbonyl (C=O) groups excluding carboxylic acids is 2. The molecule has 3 N–H and O–H groups in total. The van der Waals surface area contributed by atoms with Gasteiger partial charge in [-0.25, -0.2) is 9.59 Å². The fourth-order valence-corrected chi connectivity index (χ4v) is 1.87. The molecule has 1 saturated heterocycles. The van der Waals surface area contributed by atoms with E-state index < -0.39 is 18.0 Å². The van der Waals surface area contributed by atoms with Crippen LogP contribution >= 0.6 is 0 Å². The van der Waals surface area contributed by atoms with Crippen molar-refractivity contribution < 1.29 is 19.5 Å². The highest BCUT2D eigenvalue weighted by molar-refractivity contribution is 5.96. The van der Waals surface area contributed by atoms with E-state index in [0.717, 1.165) is 4.90 Å². The minimum absolute atomic E-state index is 0.101. The summed E-state index contributed by atoms with van der Waals surface area (Å²) >= 11 is 0. The van der Waals surface area contributed by atoms with E-state index in [1.807, 2.05) is 6.92 Å². The number of nitrogens with zero attached hydrogens (tertiary/aromatic N) is 3. The number of aryl methyl sites for hydroxylation is 1. The summed E-state index contributed by atoms with van der Waals surface area (Å²) in [6.45, 7) is 2.16. The van der Waals surface area contributed by atoms with Gasteiger partial charge < -0.3 is 15.7 Å². The maximum atomic E-state index is 12.1. The Hall–Kier alpha value is -2.58. The number of rotatable bonds is 3. The van der Waals surface area contributed by atoms with Gasteiger partial charge in [-0.3, -0.25) is 14.4 Å². The first-order valence-corrected chi connectivity index (χ1v) is 6.11. The van der Waals surface area contributed by atoms with Gasteiger partial charge in [0, 0.05) is 19.3 Å². The first kappa shape index (κ1) is 13.8. The maximum absolute atomic E-state index is 12.1. The molecule has 3 amide bonds. The van der Waals surface area contributed by atoms with Crippen LogP contribution < -0.4 is 10.6 Å². The number of aromatic nitrogens is 2. The van der Waals surface area contributed by atoms with Crippen molar-refractivity contribution in [2.24, 2.45) is 0 Å². The Bertz CT molecular complexity index is 541. The molecule has 1 aliphatic rings. The van der Waals surface area contributed by atoms with Crippen LogP contribution in [0.3, 0.4) is 0 Å². The van der Waals surface area contributed by atoms with Crippen LogP contribution in [0.5, 0.6) is 0 Å². The second-order valence-corrected chi connectivity index (χ2v) is 4.30. The summed E-state index contributed by atoms with van der Waals surface area (Å²) in [5.41, 5.74) is 0.451. The summed E-state index contributed by atoms with van der Waals surface area (Å²) in [6, 6.07) is -1.71. The van der Waals surface area contributed by atoms with Gasteiger partial charge in [0.1, 0.15) is 12.6 Å². The smallest absolute Gasteiger partial charge is 0.328 e. The number of carbonyl (C=O) groups is 3. The highest BCUT2D eigenvalue weighted by atomic mass is 16.4. The van der Waals surface area contributed by atoms with Crippen LogP contribution in [0.4, 0.5) is 10.5 Å². The highest BCUT2D eigenvalue weighted by Crippen LogP contribution is 2.10. The van der Waals surface area contributed by atoms with E-state index in [2.05, 4.69) is 15.7 Å². The van der Waals surface area contributed by atoms with E-state index in [-0.39, 0.29) is 19.0 Å². The third-order valence-corrected chi connectivity index (χ3v) is 2.94. The number of nitrogens with one attached hydrogen (secondary N) is 2. The van der Waals surface area contributed by atoms with Gasteiger partial charge in [-0.05, 0) is 6.92 Å². The normalized spacial score (nSPS) is 18.6. The lowest BCUT2D eigenvalue weighted by molar-refractivity contribution is -0.144. The van der Waals surface area contributed by atoms with E-state index in [9.17, 15) is 14.4 Å². The molecule has 1 aromatic heterocycles. The third kappa shape index (κ3) is 2.87. The molecule has 9 heteroatoms. The zero-order valence-corrected chi connectivity index (χ0v) is 10.9. The number of amides is 3. The lowest BCUT2D eigenvalue weighted by Gasteiger charge is -2.32. The fraction of sp³-hybridized carbons (Fsp3) is 0.455. The Morgan fingerprint density at radius 3 is 2.95 bits per heavy atom. The molecule has 108 valence electrons. The molecular weight excluding hydrogens is 266 g/mol. The number of hydrogen-bond donors (Lipinski definition) is 3. The largest absolute Gasteiger partial charge is 0.480 e. The van der Waals surface area contributed by atoms with Gasteiger partial charge in [0.2, 0.25) is 5.91 Å². The van der Waals surface area contributed by atoms with E-state index >= 15 is 0 Å². The lowest BCUT2D eigenvalue weighted by Crippen LogP contribution is -2.60. The van der Waals surface area contributed by atoms with Gasteiger partial charge in [0.15, 0.2) is 0 Å². The molecule has 1 aliphatic heterocycles. The standard InChI is InChI=1S/C11H15N5O4/c1-2-15-5-7(3-13-15)14-11(20)16-6-9(17)12-4-8(16)10(18)19/h3,5,8H,2,4,6H2,1H3,(H,12,17)(H,14,20)(H,18,19). The molecule has 20 heavy (non-hydrogen) atoms. The number of piperazine rings is 1. The van der Waals surface area contributed by atoms with Gasteiger partial charge >= 0.3 is 12.0 Å². The second-order valence-electron chi connectivity index (χ2n) is 4.30.